The lowest BCUT2D eigenvalue weighted by molar-refractivity contribution is -0.210. The zero-order valence-electron chi connectivity index (χ0n) is 14.2. The molecule has 0 radical (unpaired) electrons. The number of hydrogen-bond donors (Lipinski definition) is 3. The molecule has 2 heterocycles. The second kappa shape index (κ2) is 7.47. The minimum Gasteiger partial charge on any atom is -0.426 e. The molecule has 3 N–H and O–H groups in total. The normalized spacial score (nSPS) is 30.4. The number of esters is 1. The molecule has 2 aliphatic heterocycles. The summed E-state index contributed by atoms with van der Waals surface area (Å²) in [5.41, 5.74) is -0.843. The predicted octanol–water partition coefficient (Wildman–Crippen LogP) is 0.769. The fourth-order valence-electron chi connectivity index (χ4n) is 3.33. The fourth-order valence-corrected chi connectivity index (χ4v) is 5.53. The van der Waals surface area contributed by atoms with E-state index in [0.29, 0.717) is 18.1 Å². The van der Waals surface area contributed by atoms with E-state index in [4.69, 9.17) is 14.4 Å². The SMILES string of the molecule is CC(C)(O)CC1CC2CC(OCC(=O)OC(O)C(F)(F)S(=O)(=O)O)C1S2. The molecule has 0 spiro atoms. The smallest absolute Gasteiger partial charge is 0.426 e. The van der Waals surface area contributed by atoms with Crippen LogP contribution in [0.25, 0.3) is 0 Å². The lowest BCUT2D eigenvalue weighted by Crippen LogP contribution is -2.44. The van der Waals surface area contributed by atoms with Crippen LogP contribution in [-0.4, -0.2) is 69.5 Å². The standard InChI is InChI=1S/C14H22F2O8S2/c1-13(2,19)5-7-3-8-4-9(11(7)25-8)23-6-10(17)24-12(18)14(15,16)26(20,21)22/h7-9,11-12,18-19H,3-6H2,1-2H3,(H,20,21,22). The summed E-state index contributed by atoms with van der Waals surface area (Å²) in [4.78, 5) is 11.5. The van der Waals surface area contributed by atoms with Gasteiger partial charge in [-0.1, -0.05) is 0 Å². The highest BCUT2D eigenvalue weighted by atomic mass is 32.2. The van der Waals surface area contributed by atoms with Gasteiger partial charge in [0.15, 0.2) is 0 Å². The topological polar surface area (TPSA) is 130 Å². The van der Waals surface area contributed by atoms with Crippen LogP contribution in [0.3, 0.4) is 0 Å². The number of fused-ring (bicyclic) bond motifs is 2. The largest absolute Gasteiger partial charge is 0.430 e. The molecule has 12 heteroatoms. The minimum atomic E-state index is -5.94. The number of alkyl halides is 2. The molecule has 8 nitrogen and oxygen atoms in total. The first-order valence-electron chi connectivity index (χ1n) is 7.92. The molecule has 2 rings (SSSR count). The van der Waals surface area contributed by atoms with Gasteiger partial charge < -0.3 is 19.7 Å². The first-order valence-corrected chi connectivity index (χ1v) is 10.3. The second-order valence-corrected chi connectivity index (χ2v) is 10.2. The van der Waals surface area contributed by atoms with E-state index in [1.54, 1.807) is 25.6 Å². The highest BCUT2D eigenvalue weighted by molar-refractivity contribution is 8.01. The van der Waals surface area contributed by atoms with Crippen molar-refractivity contribution in [1.29, 1.82) is 0 Å². The Morgan fingerprint density at radius 3 is 2.46 bits per heavy atom. The van der Waals surface area contributed by atoms with Gasteiger partial charge in [-0.3, -0.25) is 4.55 Å². The molecule has 152 valence electrons. The summed E-state index contributed by atoms with van der Waals surface area (Å²) in [6.07, 6.45) is -1.54. The Morgan fingerprint density at radius 1 is 1.35 bits per heavy atom. The Kier molecular flexibility index (Phi) is 6.26. The molecule has 2 bridgehead atoms. The number of thioether (sulfide) groups is 1. The van der Waals surface area contributed by atoms with Crippen LogP contribution in [0.5, 0.6) is 0 Å². The molecule has 26 heavy (non-hydrogen) atoms. The Morgan fingerprint density at radius 2 is 1.96 bits per heavy atom. The van der Waals surface area contributed by atoms with Gasteiger partial charge in [0.25, 0.3) is 6.29 Å². The van der Waals surface area contributed by atoms with Crippen LogP contribution in [0.15, 0.2) is 0 Å². The van der Waals surface area contributed by atoms with E-state index in [-0.39, 0.29) is 17.3 Å². The summed E-state index contributed by atoms with van der Waals surface area (Å²) in [6, 6.07) is 0. The van der Waals surface area contributed by atoms with Crippen molar-refractivity contribution < 1.29 is 46.2 Å². The Bertz CT molecular complexity index is 633. The fraction of sp³-hybridized carbons (Fsp3) is 0.929. The van der Waals surface area contributed by atoms with Crippen molar-refractivity contribution in [3.63, 3.8) is 0 Å². The molecule has 0 aromatic rings. The van der Waals surface area contributed by atoms with Crippen molar-refractivity contribution in [2.24, 2.45) is 5.92 Å². The average Bonchev–Trinajstić information content (AvgIpc) is 3.01. The molecular formula is C14H22F2O8S2. The van der Waals surface area contributed by atoms with Crippen molar-refractivity contribution in [3.05, 3.63) is 0 Å². The summed E-state index contributed by atoms with van der Waals surface area (Å²) < 4.78 is 64.9. The van der Waals surface area contributed by atoms with Crippen LogP contribution in [0.1, 0.15) is 33.1 Å². The Hall–Kier alpha value is -0.530. The van der Waals surface area contributed by atoms with Crippen molar-refractivity contribution in [3.8, 4) is 0 Å². The molecule has 0 saturated carbocycles. The zero-order valence-corrected chi connectivity index (χ0v) is 15.8. The number of rotatable bonds is 8. The van der Waals surface area contributed by atoms with Gasteiger partial charge in [0.2, 0.25) is 0 Å². The zero-order chi connectivity index (χ0) is 19.9. The maximum Gasteiger partial charge on any atom is 0.430 e. The van der Waals surface area contributed by atoms with Crippen molar-refractivity contribution >= 4 is 27.8 Å². The van der Waals surface area contributed by atoms with Crippen LogP contribution in [0.4, 0.5) is 8.78 Å². The molecule has 5 unspecified atom stereocenters. The second-order valence-electron chi connectivity index (χ2n) is 7.20. The van der Waals surface area contributed by atoms with Crippen LogP contribution in [0, 0.1) is 5.92 Å². The molecule has 2 aliphatic rings. The van der Waals surface area contributed by atoms with E-state index < -0.39 is 39.8 Å². The van der Waals surface area contributed by atoms with E-state index in [1.165, 1.54) is 0 Å². The van der Waals surface area contributed by atoms with Crippen molar-refractivity contribution in [2.75, 3.05) is 6.61 Å². The first-order chi connectivity index (χ1) is 11.7. The summed E-state index contributed by atoms with van der Waals surface area (Å²) in [5.74, 6) is -1.19. The number of aliphatic hydroxyl groups is 2. The molecular weight excluding hydrogens is 398 g/mol. The monoisotopic (exact) mass is 420 g/mol. The van der Waals surface area contributed by atoms with Crippen molar-refractivity contribution in [1.82, 2.24) is 0 Å². The molecule has 2 saturated heterocycles. The van der Waals surface area contributed by atoms with Gasteiger partial charge in [-0.05, 0) is 39.0 Å². The van der Waals surface area contributed by atoms with Gasteiger partial charge in [-0.25, -0.2) is 4.79 Å². The van der Waals surface area contributed by atoms with Crippen LogP contribution < -0.4 is 0 Å². The van der Waals surface area contributed by atoms with E-state index in [1.807, 2.05) is 0 Å². The van der Waals surface area contributed by atoms with Gasteiger partial charge >= 0.3 is 21.3 Å². The molecule has 0 aliphatic carbocycles. The van der Waals surface area contributed by atoms with Gasteiger partial charge in [-0.2, -0.15) is 29.0 Å². The predicted molar refractivity (Wildman–Crippen MR) is 87.1 cm³/mol. The van der Waals surface area contributed by atoms with Gasteiger partial charge in [0, 0.05) is 10.5 Å². The number of carbonyl (C=O) groups excluding carboxylic acids is 1. The average molecular weight is 420 g/mol. The molecule has 0 aromatic carbocycles. The Labute approximate surface area is 154 Å². The molecule has 0 aromatic heterocycles. The van der Waals surface area contributed by atoms with Gasteiger partial charge in [-0.15, -0.1) is 0 Å². The van der Waals surface area contributed by atoms with Gasteiger partial charge in [0.1, 0.15) is 6.61 Å². The van der Waals surface area contributed by atoms with Crippen LogP contribution in [0.2, 0.25) is 0 Å². The quantitative estimate of drug-likeness (QED) is 0.296. The lowest BCUT2D eigenvalue weighted by atomic mass is 9.81. The molecule has 5 atom stereocenters. The maximum absolute atomic E-state index is 13.1. The van der Waals surface area contributed by atoms with E-state index >= 15 is 0 Å². The van der Waals surface area contributed by atoms with Crippen LogP contribution in [-0.2, 0) is 24.4 Å². The lowest BCUT2D eigenvalue weighted by Gasteiger charge is -2.31. The number of ether oxygens (including phenoxy) is 2. The van der Waals surface area contributed by atoms with Crippen LogP contribution >= 0.6 is 11.8 Å². The third-order valence-electron chi connectivity index (χ3n) is 4.29. The van der Waals surface area contributed by atoms with E-state index in [9.17, 15) is 27.1 Å². The highest BCUT2D eigenvalue weighted by Gasteiger charge is 2.54. The summed E-state index contributed by atoms with van der Waals surface area (Å²) in [6.45, 7) is 2.66. The number of halogens is 2. The molecule has 2 fully saturated rings. The molecule has 0 amide bonds. The van der Waals surface area contributed by atoms with E-state index in [2.05, 4.69) is 4.74 Å². The highest BCUT2D eigenvalue weighted by Crippen LogP contribution is 2.52. The number of aliphatic hydroxyl groups excluding tert-OH is 1. The van der Waals surface area contributed by atoms with E-state index in [0.717, 1.165) is 6.42 Å². The third-order valence-corrected chi connectivity index (χ3v) is 6.95. The summed E-state index contributed by atoms with van der Waals surface area (Å²) in [5, 5.41) is 14.3. The summed E-state index contributed by atoms with van der Waals surface area (Å²) >= 11 is 1.69. The minimum absolute atomic E-state index is 0.0448. The van der Waals surface area contributed by atoms with Crippen molar-refractivity contribution in [2.45, 2.75) is 66.9 Å². The summed E-state index contributed by atoms with van der Waals surface area (Å²) in [7, 11) is -5.94. The number of hydrogen-bond acceptors (Lipinski definition) is 8. The maximum atomic E-state index is 13.1. The third kappa shape index (κ3) is 5.04. The number of carbonyl (C=O) groups is 1. The Balaban J connectivity index is 1.85. The van der Waals surface area contributed by atoms with Gasteiger partial charge in [0.05, 0.1) is 11.7 Å². The first kappa shape index (κ1) is 21.8.